The van der Waals surface area contributed by atoms with Gasteiger partial charge in [-0.25, -0.2) is 0 Å². The van der Waals surface area contributed by atoms with Crippen LogP contribution >= 0.6 is 0 Å². The van der Waals surface area contributed by atoms with Crippen molar-refractivity contribution < 1.29 is 0 Å². The molecule has 0 unspecified atom stereocenters. The molecule has 0 nitrogen and oxygen atoms in total. The van der Waals surface area contributed by atoms with Gasteiger partial charge in [-0.2, -0.15) is 0 Å². The second kappa shape index (κ2) is 4.96. The number of rotatable bonds is 1. The van der Waals surface area contributed by atoms with Crippen LogP contribution < -0.4 is 13.1 Å². The fraction of sp³-hybridized carbons (Fsp3) is 0. The predicted octanol–water partition coefficient (Wildman–Crippen LogP) is -0.265. The molecule has 0 atom stereocenters. The molecular formula is C12H7As3. The van der Waals surface area contributed by atoms with Crippen LogP contribution in [0.15, 0.2) is 42.5 Å². The van der Waals surface area contributed by atoms with Crippen LogP contribution in [0.5, 0.6) is 0 Å². The molecule has 0 saturated carbocycles. The molecule has 0 heterocycles. The molecule has 0 spiro atoms. The average molecular weight is 376 g/mol. The van der Waals surface area contributed by atoms with Gasteiger partial charge in [-0.1, -0.05) is 0 Å². The van der Waals surface area contributed by atoms with E-state index in [1.807, 2.05) is 0 Å². The average Bonchev–Trinajstić information content (AvgIpc) is 2.22. The molecule has 0 aliphatic carbocycles. The van der Waals surface area contributed by atoms with Gasteiger partial charge in [0.05, 0.1) is 0 Å². The van der Waals surface area contributed by atoms with E-state index in [0.29, 0.717) is 0 Å². The molecule has 2 aromatic carbocycles. The molecule has 3 heteroatoms. The summed E-state index contributed by atoms with van der Waals surface area (Å²) in [7, 11) is 0. The molecular weight excluding hydrogens is 369 g/mol. The Kier molecular flexibility index (Phi) is 3.84. The van der Waals surface area contributed by atoms with Crippen LogP contribution in [0.1, 0.15) is 0 Å². The van der Waals surface area contributed by atoms with Crippen molar-refractivity contribution in [1.29, 1.82) is 0 Å². The molecule has 0 aromatic heterocycles. The van der Waals surface area contributed by atoms with Crippen LogP contribution in [-0.4, -0.2) is 50.6 Å². The number of hydrogen-bond donors (Lipinski definition) is 0. The molecule has 0 fully saturated rings. The van der Waals surface area contributed by atoms with E-state index in [2.05, 4.69) is 93.0 Å². The zero-order chi connectivity index (χ0) is 10.8. The fourth-order valence-corrected chi connectivity index (χ4v) is 2.89. The first-order valence-corrected chi connectivity index (χ1v) is 7.30. The molecule has 6 radical (unpaired) electrons. The van der Waals surface area contributed by atoms with Crippen LogP contribution in [0.4, 0.5) is 0 Å². The van der Waals surface area contributed by atoms with E-state index in [4.69, 9.17) is 0 Å². The van der Waals surface area contributed by atoms with Gasteiger partial charge in [-0.05, 0) is 0 Å². The summed E-state index contributed by atoms with van der Waals surface area (Å²) in [5, 5.41) is 0. The molecule has 0 N–H and O–H groups in total. The molecule has 0 saturated heterocycles. The number of hydrogen-bond acceptors (Lipinski definition) is 0. The van der Waals surface area contributed by atoms with Crippen molar-refractivity contribution in [3.8, 4) is 11.1 Å². The summed E-state index contributed by atoms with van der Waals surface area (Å²) in [5.41, 5.74) is 2.57. The second-order valence-electron chi connectivity index (χ2n) is 3.25. The second-order valence-corrected chi connectivity index (χ2v) is 6.43. The first-order valence-electron chi connectivity index (χ1n) is 4.48. The van der Waals surface area contributed by atoms with Gasteiger partial charge in [0.1, 0.15) is 0 Å². The topological polar surface area (TPSA) is 0 Å². The van der Waals surface area contributed by atoms with E-state index in [1.54, 1.807) is 0 Å². The quantitative estimate of drug-likeness (QED) is 0.602. The maximum absolute atomic E-state index is 2.63. The SMILES string of the molecule is [As]c1cccc(-c2cc([As])ccc2[As])c1. The van der Waals surface area contributed by atoms with Crippen molar-refractivity contribution in [1.82, 2.24) is 0 Å². The molecule has 2 aromatic rings. The monoisotopic (exact) mass is 376 g/mol. The van der Waals surface area contributed by atoms with Gasteiger partial charge < -0.3 is 0 Å². The van der Waals surface area contributed by atoms with Gasteiger partial charge in [0.2, 0.25) is 0 Å². The third-order valence-electron chi connectivity index (χ3n) is 2.14. The predicted molar refractivity (Wildman–Crippen MR) is 68.0 cm³/mol. The Hall–Kier alpha value is 0.115. The molecule has 70 valence electrons. The van der Waals surface area contributed by atoms with Crippen LogP contribution in [0.3, 0.4) is 0 Å². The number of benzene rings is 2. The minimum atomic E-state index is 1.24. The van der Waals surface area contributed by atoms with Gasteiger partial charge in [0, 0.05) is 0 Å². The molecule has 2 rings (SSSR count). The van der Waals surface area contributed by atoms with E-state index in [9.17, 15) is 0 Å². The van der Waals surface area contributed by atoms with Gasteiger partial charge in [0.25, 0.3) is 0 Å². The molecule has 0 bridgehead atoms. The van der Waals surface area contributed by atoms with Crippen LogP contribution in [0.2, 0.25) is 0 Å². The Morgan fingerprint density at radius 2 is 1.47 bits per heavy atom. The van der Waals surface area contributed by atoms with Crippen LogP contribution in [0.25, 0.3) is 11.1 Å². The Morgan fingerprint density at radius 1 is 0.733 bits per heavy atom. The Balaban J connectivity index is 2.58. The van der Waals surface area contributed by atoms with E-state index < -0.39 is 0 Å². The van der Waals surface area contributed by atoms with Gasteiger partial charge in [-0.3, -0.25) is 0 Å². The van der Waals surface area contributed by atoms with E-state index in [0.717, 1.165) is 0 Å². The normalized spacial score (nSPS) is 10.3. The summed E-state index contributed by atoms with van der Waals surface area (Å²) in [6, 6.07) is 15.0. The van der Waals surface area contributed by atoms with E-state index in [1.165, 1.54) is 24.2 Å². The van der Waals surface area contributed by atoms with E-state index >= 15 is 0 Å². The summed E-state index contributed by atoms with van der Waals surface area (Å²) in [6.45, 7) is 0. The Bertz CT molecular complexity index is 492. The molecule has 0 amide bonds. The summed E-state index contributed by atoms with van der Waals surface area (Å²) in [5.74, 6) is 0. The van der Waals surface area contributed by atoms with Crippen molar-refractivity contribution >= 4 is 63.6 Å². The Labute approximate surface area is 116 Å². The summed E-state index contributed by atoms with van der Waals surface area (Å²) < 4.78 is 3.74. The zero-order valence-corrected chi connectivity index (χ0v) is 13.5. The summed E-state index contributed by atoms with van der Waals surface area (Å²) >= 11 is 7.79. The third-order valence-corrected chi connectivity index (χ3v) is 4.12. The first-order chi connectivity index (χ1) is 7.16. The fourth-order valence-electron chi connectivity index (χ4n) is 1.43. The van der Waals surface area contributed by atoms with Gasteiger partial charge in [-0.15, -0.1) is 0 Å². The van der Waals surface area contributed by atoms with E-state index in [-0.39, 0.29) is 0 Å². The third kappa shape index (κ3) is 2.82. The Morgan fingerprint density at radius 3 is 2.20 bits per heavy atom. The zero-order valence-electron chi connectivity index (χ0n) is 7.88. The van der Waals surface area contributed by atoms with Crippen LogP contribution in [0, 0.1) is 0 Å². The maximum atomic E-state index is 2.63. The first kappa shape index (κ1) is 11.6. The van der Waals surface area contributed by atoms with Crippen molar-refractivity contribution in [2.24, 2.45) is 0 Å². The molecule has 0 aliphatic rings. The minimum absolute atomic E-state index is 1.24. The van der Waals surface area contributed by atoms with Crippen molar-refractivity contribution in [2.75, 3.05) is 0 Å². The summed E-state index contributed by atoms with van der Waals surface area (Å²) in [6.07, 6.45) is 0. The van der Waals surface area contributed by atoms with Crippen molar-refractivity contribution in [2.45, 2.75) is 0 Å². The van der Waals surface area contributed by atoms with Gasteiger partial charge in [0.15, 0.2) is 0 Å². The van der Waals surface area contributed by atoms with Gasteiger partial charge >= 0.3 is 117 Å². The summed E-state index contributed by atoms with van der Waals surface area (Å²) in [4.78, 5) is 0. The standard InChI is InChI=1S/C12H7As3/c13-9-3-1-2-8(6-9)11-7-10(14)4-5-12(11)15/h1-7H. The molecule has 0 aliphatic heterocycles. The molecule has 15 heavy (non-hydrogen) atoms. The van der Waals surface area contributed by atoms with Crippen molar-refractivity contribution in [3.63, 3.8) is 0 Å². The van der Waals surface area contributed by atoms with Crippen molar-refractivity contribution in [3.05, 3.63) is 42.5 Å². The van der Waals surface area contributed by atoms with Crippen LogP contribution in [-0.2, 0) is 0 Å².